The van der Waals surface area contributed by atoms with E-state index in [0.717, 1.165) is 29.0 Å². The van der Waals surface area contributed by atoms with Crippen LogP contribution in [0.3, 0.4) is 0 Å². The second kappa shape index (κ2) is 16.9. The molecule has 170 valence electrons. The summed E-state index contributed by atoms with van der Waals surface area (Å²) in [6, 6.07) is -0.247. The van der Waals surface area contributed by atoms with Gasteiger partial charge >= 0.3 is 0 Å². The van der Waals surface area contributed by atoms with E-state index in [9.17, 15) is 9.50 Å². The molecule has 31 heavy (non-hydrogen) atoms. The Labute approximate surface area is 191 Å². The summed E-state index contributed by atoms with van der Waals surface area (Å²) in [6.07, 6.45) is 17.5. The highest BCUT2D eigenvalue weighted by atomic mass is 32.2. The van der Waals surface area contributed by atoms with Crippen LogP contribution in [0.25, 0.3) is 0 Å². The lowest BCUT2D eigenvalue weighted by molar-refractivity contribution is 0.328. The second-order valence-electron chi connectivity index (χ2n) is 6.33. The highest BCUT2D eigenvalue weighted by Gasteiger charge is 2.15. The van der Waals surface area contributed by atoms with Crippen molar-refractivity contribution in [2.24, 2.45) is 10.7 Å². The fraction of sp³-hybridized carbons (Fsp3) is 0.375. The minimum atomic E-state index is -0.247. The Morgan fingerprint density at radius 2 is 2.10 bits per heavy atom. The van der Waals surface area contributed by atoms with Gasteiger partial charge in [-0.25, -0.2) is 4.39 Å². The van der Waals surface area contributed by atoms with Crippen molar-refractivity contribution in [1.82, 2.24) is 10.2 Å². The number of aliphatic imine (C=N–C) groups is 1. The second-order valence-corrected chi connectivity index (χ2v) is 7.53. The molecule has 0 aliphatic carbocycles. The third-order valence-corrected chi connectivity index (χ3v) is 5.27. The Bertz CT molecular complexity index is 788. The zero-order chi connectivity index (χ0) is 23.6. The van der Waals surface area contributed by atoms with Crippen molar-refractivity contribution in [2.45, 2.75) is 53.0 Å². The molecule has 0 amide bonds. The van der Waals surface area contributed by atoms with Crippen LogP contribution >= 0.6 is 11.8 Å². The summed E-state index contributed by atoms with van der Waals surface area (Å²) in [6.45, 7) is 12.0. The van der Waals surface area contributed by atoms with Crippen molar-refractivity contribution >= 4 is 17.5 Å². The number of hydrogen-bond acceptors (Lipinski definition) is 6. The van der Waals surface area contributed by atoms with Crippen LogP contribution in [0.2, 0.25) is 0 Å². The number of nitrogens with two attached hydrogens (primary N) is 1. The largest absolute Gasteiger partial charge is 0.510 e. The number of nitrogens with zero attached hydrogens (tertiary/aromatic N) is 2. The Kier molecular flexibility index (Phi) is 15.3. The van der Waals surface area contributed by atoms with Gasteiger partial charge in [-0.15, -0.1) is 6.42 Å². The predicted molar refractivity (Wildman–Crippen MR) is 134 cm³/mol. The molecule has 0 aliphatic rings. The number of rotatable bonds is 14. The number of thioether (sulfide) groups is 1. The maximum absolute atomic E-state index is 12.4. The smallest absolute Gasteiger partial charge is 0.115 e. The van der Waals surface area contributed by atoms with Crippen molar-refractivity contribution in [2.75, 3.05) is 6.67 Å². The molecule has 1 unspecified atom stereocenters. The summed E-state index contributed by atoms with van der Waals surface area (Å²) < 4.78 is 12.4. The van der Waals surface area contributed by atoms with Gasteiger partial charge in [-0.3, -0.25) is 4.99 Å². The van der Waals surface area contributed by atoms with E-state index in [4.69, 9.17) is 12.2 Å². The van der Waals surface area contributed by atoms with Gasteiger partial charge in [0.1, 0.15) is 12.1 Å². The van der Waals surface area contributed by atoms with Crippen LogP contribution in [0.4, 0.5) is 4.39 Å². The maximum Gasteiger partial charge on any atom is 0.115 e. The fourth-order valence-electron chi connectivity index (χ4n) is 2.43. The number of halogens is 1. The van der Waals surface area contributed by atoms with Crippen LogP contribution in [0.15, 0.2) is 76.0 Å². The molecular weight excluding hydrogens is 411 g/mol. The molecule has 0 bridgehead atoms. The van der Waals surface area contributed by atoms with E-state index < -0.39 is 0 Å². The average Bonchev–Trinajstić information content (AvgIpc) is 2.77. The van der Waals surface area contributed by atoms with Gasteiger partial charge in [0.05, 0.1) is 35.3 Å². The first-order valence-electron chi connectivity index (χ1n) is 10.2. The van der Waals surface area contributed by atoms with E-state index in [1.165, 1.54) is 17.8 Å². The van der Waals surface area contributed by atoms with Gasteiger partial charge in [0, 0.05) is 6.42 Å². The Morgan fingerprint density at radius 3 is 2.61 bits per heavy atom. The van der Waals surface area contributed by atoms with Gasteiger partial charge in [0.15, 0.2) is 0 Å². The molecule has 0 aliphatic heterocycles. The summed E-state index contributed by atoms with van der Waals surface area (Å²) in [7, 11) is 0. The van der Waals surface area contributed by atoms with Crippen molar-refractivity contribution < 1.29 is 9.50 Å². The normalized spacial score (nSPS) is 15.0. The van der Waals surface area contributed by atoms with Crippen molar-refractivity contribution in [1.29, 1.82) is 0 Å². The number of aliphatic hydroxyl groups is 1. The molecule has 0 rings (SSSR count). The van der Waals surface area contributed by atoms with E-state index in [1.54, 1.807) is 12.3 Å². The zero-order valence-electron chi connectivity index (χ0n) is 18.9. The number of allylic oxidation sites excluding steroid dienone is 5. The summed E-state index contributed by atoms with van der Waals surface area (Å²) in [5, 5.41) is 14.4. The number of terminal acetylenes is 1. The molecule has 0 aromatic carbocycles. The molecule has 5 nitrogen and oxygen atoms in total. The number of nitrogens with one attached hydrogen (secondary N) is 1. The number of hydrogen-bond donors (Lipinski definition) is 3. The van der Waals surface area contributed by atoms with Crippen molar-refractivity contribution in [3.63, 3.8) is 0 Å². The minimum Gasteiger partial charge on any atom is -0.510 e. The molecule has 0 spiro atoms. The highest BCUT2D eigenvalue weighted by molar-refractivity contribution is 8.06. The summed E-state index contributed by atoms with van der Waals surface area (Å²) in [4.78, 5) is 6.99. The van der Waals surface area contributed by atoms with Crippen molar-refractivity contribution in [3.8, 4) is 12.3 Å². The van der Waals surface area contributed by atoms with Gasteiger partial charge in [-0.05, 0) is 49.1 Å². The van der Waals surface area contributed by atoms with Crippen LogP contribution in [-0.2, 0) is 0 Å². The summed E-state index contributed by atoms with van der Waals surface area (Å²) in [5.41, 5.74) is 7.21. The fourth-order valence-corrected chi connectivity index (χ4v) is 3.30. The quantitative estimate of drug-likeness (QED) is 0.103. The Balaban J connectivity index is 5.67. The molecule has 4 N–H and O–H groups in total. The van der Waals surface area contributed by atoms with Gasteiger partial charge in [0.2, 0.25) is 0 Å². The van der Waals surface area contributed by atoms with Gasteiger partial charge < -0.3 is 21.1 Å². The van der Waals surface area contributed by atoms with E-state index >= 15 is 0 Å². The molecule has 7 heteroatoms. The molecule has 1 atom stereocenters. The molecule has 0 saturated heterocycles. The SMILES string of the molecule is C#C/C=C/C(=N\C=C\F)C(C)N(C=C)CNC(/C=C(\CC)S/C(N)=C/CC)=C(\O)CC. The first kappa shape index (κ1) is 28.1. The lowest BCUT2D eigenvalue weighted by atomic mass is 10.1. The standard InChI is InChI=1S/C24H35FN4OS/c1-7-12-14-21(27-16-15-25)19(6)29(11-5)18-28-22(23(30)10-4)17-20(9-3)31-24(26)13-8-2/h1,11-17,19,28,30H,5,8-10,18,26H2,2-4,6H3/b14-12+,16-15+,20-17+,23-22-,24-13+,27-21+. The lowest BCUT2D eigenvalue weighted by Gasteiger charge is -2.28. The first-order chi connectivity index (χ1) is 14.9. The zero-order valence-corrected chi connectivity index (χ0v) is 19.8. The van der Waals surface area contributed by atoms with Crippen LogP contribution in [0.1, 0.15) is 47.0 Å². The van der Waals surface area contributed by atoms with E-state index in [1.807, 2.05) is 44.7 Å². The van der Waals surface area contributed by atoms with Gasteiger partial charge in [-0.1, -0.05) is 51.1 Å². The molecule has 0 radical (unpaired) electrons. The van der Waals surface area contributed by atoms with E-state index in [0.29, 0.717) is 30.8 Å². The minimum absolute atomic E-state index is 0.239. The molecule has 0 saturated carbocycles. The highest BCUT2D eigenvalue weighted by Crippen LogP contribution is 2.26. The molecule has 0 fully saturated rings. The molecule has 0 heterocycles. The Morgan fingerprint density at radius 1 is 1.39 bits per heavy atom. The van der Waals surface area contributed by atoms with Crippen LogP contribution in [-0.4, -0.2) is 28.4 Å². The van der Waals surface area contributed by atoms with Crippen LogP contribution in [0, 0.1) is 12.3 Å². The van der Waals surface area contributed by atoms with Crippen molar-refractivity contribution in [3.05, 3.63) is 71.0 Å². The van der Waals surface area contributed by atoms with Crippen LogP contribution in [0.5, 0.6) is 0 Å². The van der Waals surface area contributed by atoms with Crippen LogP contribution < -0.4 is 11.1 Å². The monoisotopic (exact) mass is 446 g/mol. The van der Waals surface area contributed by atoms with E-state index in [-0.39, 0.29) is 11.8 Å². The molecule has 0 aromatic heterocycles. The predicted octanol–water partition coefficient (Wildman–Crippen LogP) is 5.86. The van der Waals surface area contributed by atoms with E-state index in [2.05, 4.69) is 22.8 Å². The maximum atomic E-state index is 12.4. The Hall–Kier alpha value is -2.85. The summed E-state index contributed by atoms with van der Waals surface area (Å²) in [5.74, 6) is 2.65. The number of aliphatic hydroxyl groups excluding tert-OH is 1. The van der Waals surface area contributed by atoms with Gasteiger partial charge in [-0.2, -0.15) is 0 Å². The lowest BCUT2D eigenvalue weighted by Crippen LogP contribution is -2.40. The third kappa shape index (κ3) is 11.2. The molecular formula is C24H35FN4OS. The third-order valence-electron chi connectivity index (χ3n) is 4.20. The molecule has 0 aromatic rings. The summed E-state index contributed by atoms with van der Waals surface area (Å²) >= 11 is 1.49. The topological polar surface area (TPSA) is 73.9 Å². The van der Waals surface area contributed by atoms with Gasteiger partial charge in [0.25, 0.3) is 0 Å². The average molecular weight is 447 g/mol. The first-order valence-corrected chi connectivity index (χ1v) is 11.0.